The van der Waals surface area contributed by atoms with Gasteiger partial charge in [0.05, 0.1) is 6.42 Å². The molecule has 4 fully saturated rings. The average Bonchev–Trinajstić information content (AvgIpc) is 2.86. The Kier molecular flexibility index (Phi) is 10.5. The Bertz CT molecular complexity index is 1210. The number of allylic oxidation sites excluding steroid dienone is 2. The number of carbonyl (C=O) groups excluding carboxylic acids is 4. The van der Waals surface area contributed by atoms with Gasteiger partial charge in [0.15, 0.2) is 5.78 Å². The minimum atomic E-state index is -1.26. The summed E-state index contributed by atoms with van der Waals surface area (Å²) in [5, 5.41) is 23.1. The number of carboxylic acid groups (broad SMARTS) is 2. The predicted molar refractivity (Wildman–Crippen MR) is 149 cm³/mol. The minimum Gasteiger partial charge on any atom is -0.550 e. The molecule has 2 unspecified atom stereocenters. The molecule has 0 aromatic rings. The molecule has 5 rings (SSSR count). The summed E-state index contributed by atoms with van der Waals surface area (Å²) in [7, 11) is 0. The molecule has 5 aliphatic rings. The Morgan fingerprint density at radius 3 is 2.09 bits per heavy atom. The summed E-state index contributed by atoms with van der Waals surface area (Å²) in [5.41, 5.74) is -0.823. The van der Waals surface area contributed by atoms with Crippen molar-refractivity contribution in [2.75, 3.05) is 0 Å². The standard InChI is InChI=1S/C34H50O7.2Na/c1-29(2)23-10-13-34(7)27(32(23,5)12-11-24(29)41-26(38)9-8-25(36)37)22(35)18-20-21-19-31(4,28(39)40)15-14-30(21,3)16-17-33(20,34)6;;/h18,21,23-24,27H,8-17,19H2,1-7H3,(H,36,37)(H,39,40);;/q;2*+1/p-2/t21-,23?,24-,27?,30+,31-,32-,33+,34+;;/m0../s1. The number of fused-ring (bicyclic) bond motifs is 7. The Morgan fingerprint density at radius 1 is 0.860 bits per heavy atom. The first kappa shape index (κ1) is 37.3. The van der Waals surface area contributed by atoms with Gasteiger partial charge >= 0.3 is 65.1 Å². The van der Waals surface area contributed by atoms with Gasteiger partial charge in [-0.15, -0.1) is 0 Å². The van der Waals surface area contributed by atoms with Crippen LogP contribution in [0.4, 0.5) is 0 Å². The van der Waals surface area contributed by atoms with Crippen molar-refractivity contribution in [3.63, 3.8) is 0 Å². The molecule has 7 nitrogen and oxygen atoms in total. The maximum atomic E-state index is 14.4. The number of carboxylic acids is 2. The van der Waals surface area contributed by atoms with Crippen molar-refractivity contribution in [3.05, 3.63) is 11.6 Å². The number of carbonyl (C=O) groups is 4. The van der Waals surface area contributed by atoms with E-state index in [-0.39, 0.29) is 129 Å². The fraction of sp³-hybridized carbons (Fsp3) is 0.824. The van der Waals surface area contributed by atoms with Gasteiger partial charge < -0.3 is 24.5 Å². The Labute approximate surface area is 301 Å². The fourth-order valence-corrected chi connectivity index (χ4v) is 11.0. The molecule has 0 aromatic heterocycles. The van der Waals surface area contributed by atoms with E-state index in [1.165, 1.54) is 5.57 Å². The third kappa shape index (κ3) is 5.60. The van der Waals surface area contributed by atoms with Crippen molar-refractivity contribution in [1.29, 1.82) is 0 Å². The zero-order valence-electron chi connectivity index (χ0n) is 28.0. The maximum absolute atomic E-state index is 14.4. The van der Waals surface area contributed by atoms with Crippen LogP contribution in [-0.4, -0.2) is 29.8 Å². The van der Waals surface area contributed by atoms with E-state index in [4.69, 9.17) is 4.74 Å². The number of aliphatic carboxylic acids is 2. The van der Waals surface area contributed by atoms with Crippen LogP contribution in [-0.2, 0) is 23.9 Å². The van der Waals surface area contributed by atoms with Crippen LogP contribution in [0, 0.1) is 50.2 Å². The molecule has 0 N–H and O–H groups in total. The molecule has 0 aromatic carbocycles. The van der Waals surface area contributed by atoms with Gasteiger partial charge in [-0.2, -0.15) is 0 Å². The number of ether oxygens (including phenoxy) is 1. The topological polar surface area (TPSA) is 124 Å². The van der Waals surface area contributed by atoms with E-state index in [1.807, 2.05) is 13.0 Å². The predicted octanol–water partition coefficient (Wildman–Crippen LogP) is -1.83. The zero-order valence-corrected chi connectivity index (χ0v) is 32.0. The molecule has 5 aliphatic carbocycles. The van der Waals surface area contributed by atoms with Gasteiger partial charge in [-0.05, 0) is 104 Å². The Morgan fingerprint density at radius 2 is 1.49 bits per heavy atom. The summed E-state index contributed by atoms with van der Waals surface area (Å²) in [6.45, 7) is 15.3. The molecule has 9 atom stereocenters. The largest absolute Gasteiger partial charge is 1.00 e. The number of hydrogen-bond donors (Lipinski definition) is 0. The summed E-state index contributed by atoms with van der Waals surface area (Å²) < 4.78 is 5.87. The van der Waals surface area contributed by atoms with E-state index in [2.05, 4.69) is 41.5 Å². The SMILES string of the molecule is CC1(C)C2CC[C@]3(C)C(C(=O)C=C4[C@@H]5C[C@@](C)(C(=O)[O-])CC[C@]5(C)CC[C@]43C)[C@@]2(C)CC[C@@H]1OC(=O)CCC(=O)[O-].[Na+].[Na+]. The van der Waals surface area contributed by atoms with Crippen LogP contribution in [0.3, 0.4) is 0 Å². The smallest absolute Gasteiger partial charge is 0.550 e. The van der Waals surface area contributed by atoms with Crippen LogP contribution in [0.15, 0.2) is 11.6 Å². The van der Waals surface area contributed by atoms with Gasteiger partial charge in [0.2, 0.25) is 0 Å². The normalized spacial score (nSPS) is 44.4. The van der Waals surface area contributed by atoms with Crippen LogP contribution in [0.25, 0.3) is 0 Å². The fourth-order valence-electron chi connectivity index (χ4n) is 11.0. The number of ketones is 1. The van der Waals surface area contributed by atoms with Gasteiger partial charge in [0.25, 0.3) is 0 Å². The van der Waals surface area contributed by atoms with Gasteiger partial charge in [-0.1, -0.05) is 54.0 Å². The summed E-state index contributed by atoms with van der Waals surface area (Å²) >= 11 is 0. The third-order valence-corrected chi connectivity index (χ3v) is 13.8. The summed E-state index contributed by atoms with van der Waals surface area (Å²) in [6.07, 6.45) is 8.26. The van der Waals surface area contributed by atoms with Gasteiger partial charge in [0, 0.05) is 28.7 Å². The first-order valence-electron chi connectivity index (χ1n) is 15.7. The molecule has 9 heteroatoms. The van der Waals surface area contributed by atoms with E-state index < -0.39 is 23.3 Å². The van der Waals surface area contributed by atoms with Gasteiger partial charge in [-0.3, -0.25) is 9.59 Å². The minimum absolute atomic E-state index is 0. The number of hydrogen-bond acceptors (Lipinski definition) is 7. The monoisotopic (exact) mass is 614 g/mol. The van der Waals surface area contributed by atoms with E-state index >= 15 is 0 Å². The van der Waals surface area contributed by atoms with Crippen LogP contribution >= 0.6 is 0 Å². The third-order valence-electron chi connectivity index (χ3n) is 13.8. The van der Waals surface area contributed by atoms with Crippen LogP contribution in [0.5, 0.6) is 0 Å². The quantitative estimate of drug-likeness (QED) is 0.264. The molecule has 0 bridgehead atoms. The van der Waals surface area contributed by atoms with Crippen molar-refractivity contribution in [1.82, 2.24) is 0 Å². The Balaban J connectivity index is 0.00000253. The molecule has 228 valence electrons. The molecule has 0 heterocycles. The molecule has 0 spiro atoms. The van der Waals surface area contributed by atoms with Crippen LogP contribution in [0.2, 0.25) is 0 Å². The van der Waals surface area contributed by atoms with Gasteiger partial charge in [-0.25, -0.2) is 0 Å². The maximum Gasteiger partial charge on any atom is 1.00 e. The molecule has 0 saturated heterocycles. The number of rotatable bonds is 5. The molecule has 0 amide bonds. The van der Waals surface area contributed by atoms with Crippen molar-refractivity contribution in [2.24, 2.45) is 50.2 Å². The van der Waals surface area contributed by atoms with E-state index in [0.29, 0.717) is 19.3 Å². The van der Waals surface area contributed by atoms with Crippen molar-refractivity contribution >= 4 is 23.7 Å². The second-order valence-electron chi connectivity index (χ2n) is 16.3. The summed E-state index contributed by atoms with van der Waals surface area (Å²) in [5.74, 6) is -2.53. The molecule has 0 radical (unpaired) electrons. The summed E-state index contributed by atoms with van der Waals surface area (Å²) in [4.78, 5) is 50.0. The first-order chi connectivity index (χ1) is 18.8. The van der Waals surface area contributed by atoms with Gasteiger partial charge in [0.1, 0.15) is 6.10 Å². The van der Waals surface area contributed by atoms with E-state index in [1.54, 1.807) is 0 Å². The Hall–Kier alpha value is -0.180. The molecule has 0 aliphatic heterocycles. The number of esters is 1. The molecule has 43 heavy (non-hydrogen) atoms. The van der Waals surface area contributed by atoms with E-state index in [0.717, 1.165) is 38.5 Å². The molecular weight excluding hydrogens is 566 g/mol. The van der Waals surface area contributed by atoms with Crippen LogP contribution < -0.4 is 69.3 Å². The van der Waals surface area contributed by atoms with Crippen molar-refractivity contribution in [2.45, 2.75) is 125 Å². The summed E-state index contributed by atoms with van der Waals surface area (Å²) in [6, 6.07) is 0. The second kappa shape index (κ2) is 12.1. The second-order valence-corrected chi connectivity index (χ2v) is 16.3. The molecular formula is C34H48Na2O7. The van der Waals surface area contributed by atoms with Crippen LogP contribution in [0.1, 0.15) is 119 Å². The zero-order chi connectivity index (χ0) is 30.4. The first-order valence-corrected chi connectivity index (χ1v) is 15.7. The van der Waals surface area contributed by atoms with Crippen molar-refractivity contribution < 1.29 is 93.2 Å². The van der Waals surface area contributed by atoms with E-state index in [9.17, 15) is 29.4 Å². The van der Waals surface area contributed by atoms with Crippen molar-refractivity contribution in [3.8, 4) is 0 Å². The average molecular weight is 615 g/mol. The molecule has 4 saturated carbocycles.